The number of pyridine rings is 1. The predicted octanol–water partition coefficient (Wildman–Crippen LogP) is 7.62. The smallest absolute Gasteiger partial charge is 0.308 e. The number of aromatic nitrogens is 4. The van der Waals surface area contributed by atoms with Gasteiger partial charge in [-0.05, 0) is 110 Å². The van der Waals surface area contributed by atoms with Gasteiger partial charge in [-0.15, -0.1) is 0 Å². The quantitative estimate of drug-likeness (QED) is 0.132. The fourth-order valence-electron chi connectivity index (χ4n) is 8.05. The predicted molar refractivity (Wildman–Crippen MR) is 211 cm³/mol. The fraction of sp³-hybridized carbons (Fsp3) is 0.349. The number of halogens is 2. The molecule has 57 heavy (non-hydrogen) atoms. The minimum absolute atomic E-state index is 0.0864. The van der Waals surface area contributed by atoms with E-state index in [4.69, 9.17) is 14.1 Å². The van der Waals surface area contributed by atoms with Crippen LogP contribution in [0.15, 0.2) is 65.2 Å². The van der Waals surface area contributed by atoms with Crippen LogP contribution in [0, 0.1) is 31.1 Å². The topological polar surface area (TPSA) is 154 Å². The van der Waals surface area contributed by atoms with Gasteiger partial charge in [0.2, 0.25) is 5.89 Å². The number of likely N-dealkylation sites (tertiary alicyclic amines) is 2. The van der Waals surface area contributed by atoms with Gasteiger partial charge in [-0.3, -0.25) is 19.6 Å². The first kappa shape index (κ1) is 38.0. The number of aliphatic hydroxyl groups is 1. The fourth-order valence-corrected chi connectivity index (χ4v) is 8.05. The summed E-state index contributed by atoms with van der Waals surface area (Å²) < 4.78 is 39.4. The number of nitrogens with one attached hydrogen (secondary N) is 1. The maximum atomic E-state index is 14.1. The normalized spacial score (nSPS) is 16.8. The number of anilines is 2. The van der Waals surface area contributed by atoms with E-state index in [0.29, 0.717) is 65.3 Å². The number of fused-ring (bicyclic) bond motifs is 2. The van der Waals surface area contributed by atoms with E-state index in [2.05, 4.69) is 36.1 Å². The Morgan fingerprint density at radius 3 is 2.37 bits per heavy atom. The van der Waals surface area contributed by atoms with Crippen molar-refractivity contribution in [3.63, 3.8) is 0 Å². The number of esters is 1. The molecule has 0 aliphatic carbocycles. The number of piperidine rings is 1. The summed E-state index contributed by atoms with van der Waals surface area (Å²) in [5.74, 6) is -0.280. The molecule has 0 radical (unpaired) electrons. The Kier molecular flexibility index (Phi) is 10.6. The number of rotatable bonds is 10. The summed E-state index contributed by atoms with van der Waals surface area (Å²) in [5, 5.41) is 23.3. The molecule has 292 valence electrons. The van der Waals surface area contributed by atoms with E-state index in [1.165, 1.54) is 7.11 Å². The molecule has 8 rings (SSSR count). The molecule has 2 aliphatic heterocycles. The number of nitriles is 1. The van der Waals surface area contributed by atoms with Crippen LogP contribution < -0.4 is 5.32 Å². The number of β-amino-alcohol motifs (C(OH)–C–C–N with tert-alkyl or cyclic N) is 1. The minimum atomic E-state index is -2.88. The van der Waals surface area contributed by atoms with E-state index in [9.17, 15) is 23.9 Å². The van der Waals surface area contributed by atoms with E-state index in [0.717, 1.165) is 71.4 Å². The highest BCUT2D eigenvalue weighted by molar-refractivity contribution is 5.90. The first-order chi connectivity index (χ1) is 27.6. The number of carbonyl (C=O) groups is 1. The Balaban J connectivity index is 1.07. The average molecular weight is 773 g/mol. The van der Waals surface area contributed by atoms with Crippen LogP contribution in [-0.2, 0) is 22.6 Å². The molecular formula is C43H42F2N8O4. The van der Waals surface area contributed by atoms with Crippen LogP contribution in [0.1, 0.15) is 59.3 Å². The Morgan fingerprint density at radius 1 is 0.947 bits per heavy atom. The van der Waals surface area contributed by atoms with E-state index in [-0.39, 0.29) is 23.8 Å². The van der Waals surface area contributed by atoms with Crippen LogP contribution in [0.4, 0.5) is 20.3 Å². The Morgan fingerprint density at radius 2 is 1.65 bits per heavy atom. The highest BCUT2D eigenvalue weighted by Crippen LogP contribution is 2.38. The van der Waals surface area contributed by atoms with Gasteiger partial charge in [0.15, 0.2) is 17.2 Å². The summed E-state index contributed by atoms with van der Waals surface area (Å²) in [6.45, 7) is 7.89. The van der Waals surface area contributed by atoms with Gasteiger partial charge < -0.3 is 19.6 Å². The third-order valence-corrected chi connectivity index (χ3v) is 11.1. The van der Waals surface area contributed by atoms with Gasteiger partial charge in [-0.25, -0.2) is 23.7 Å². The molecule has 0 spiro atoms. The Bertz CT molecular complexity index is 2530. The number of carbonyl (C=O) groups excluding carboxylic acids is 1. The number of aliphatic hydroxyl groups excluding tert-OH is 1. The largest absolute Gasteiger partial charge is 0.469 e. The average Bonchev–Trinajstić information content (AvgIpc) is 3.83. The second-order valence-corrected chi connectivity index (χ2v) is 14.9. The lowest BCUT2D eigenvalue weighted by Gasteiger charge is -2.30. The Hall–Kier alpha value is -5.88. The van der Waals surface area contributed by atoms with Crippen molar-refractivity contribution in [2.45, 2.75) is 58.7 Å². The highest BCUT2D eigenvalue weighted by Gasteiger charge is 2.27. The number of oxazole rings is 1. The zero-order chi connectivity index (χ0) is 39.8. The van der Waals surface area contributed by atoms with Crippen LogP contribution in [-0.4, -0.2) is 80.2 Å². The number of nitrogens with zero attached hydrogens (tertiary/aromatic N) is 7. The lowest BCUT2D eigenvalue weighted by Crippen LogP contribution is -2.36. The van der Waals surface area contributed by atoms with Crippen LogP contribution in [0.3, 0.4) is 0 Å². The summed E-state index contributed by atoms with van der Waals surface area (Å²) in [5.41, 5.74) is 8.86. The van der Waals surface area contributed by atoms with Gasteiger partial charge in [0, 0.05) is 43.6 Å². The van der Waals surface area contributed by atoms with E-state index in [1.54, 1.807) is 12.3 Å². The number of hydrogen-bond donors (Lipinski definition) is 2. The molecule has 14 heteroatoms. The molecule has 0 unspecified atom stereocenters. The molecule has 1 atom stereocenters. The second kappa shape index (κ2) is 15.9. The monoisotopic (exact) mass is 772 g/mol. The maximum absolute atomic E-state index is 14.1. The minimum Gasteiger partial charge on any atom is -0.469 e. The van der Waals surface area contributed by atoms with Gasteiger partial charge in [-0.2, -0.15) is 5.26 Å². The molecule has 3 aromatic carbocycles. The third-order valence-electron chi connectivity index (χ3n) is 11.1. The first-order valence-electron chi connectivity index (χ1n) is 19.0. The summed E-state index contributed by atoms with van der Waals surface area (Å²) in [4.78, 5) is 34.2. The summed E-state index contributed by atoms with van der Waals surface area (Å²) >= 11 is 0. The van der Waals surface area contributed by atoms with Crippen LogP contribution in [0.2, 0.25) is 0 Å². The van der Waals surface area contributed by atoms with Crippen molar-refractivity contribution in [1.82, 2.24) is 29.7 Å². The molecule has 2 aliphatic rings. The van der Waals surface area contributed by atoms with Gasteiger partial charge in [0.25, 0.3) is 6.43 Å². The van der Waals surface area contributed by atoms with Crippen molar-refractivity contribution in [3.05, 3.63) is 94.4 Å². The third kappa shape index (κ3) is 7.78. The van der Waals surface area contributed by atoms with Gasteiger partial charge in [0.05, 0.1) is 30.2 Å². The van der Waals surface area contributed by atoms with Gasteiger partial charge in [0.1, 0.15) is 17.1 Å². The van der Waals surface area contributed by atoms with Crippen LogP contribution in [0.25, 0.3) is 44.7 Å². The summed E-state index contributed by atoms with van der Waals surface area (Å²) in [6, 6.07) is 19.5. The Labute approximate surface area is 328 Å². The zero-order valence-electron chi connectivity index (χ0n) is 31.9. The highest BCUT2D eigenvalue weighted by atomic mass is 19.3. The molecule has 0 amide bonds. The molecule has 2 fully saturated rings. The van der Waals surface area contributed by atoms with Crippen molar-refractivity contribution in [2.75, 3.05) is 38.6 Å². The second-order valence-electron chi connectivity index (χ2n) is 14.9. The van der Waals surface area contributed by atoms with E-state index in [1.807, 2.05) is 62.4 Å². The molecule has 3 aromatic heterocycles. The number of alkyl halides is 2. The number of methoxy groups -OCH3 is 1. The molecule has 0 saturated carbocycles. The van der Waals surface area contributed by atoms with Crippen LogP contribution >= 0.6 is 0 Å². The molecule has 0 bridgehead atoms. The van der Waals surface area contributed by atoms with Crippen molar-refractivity contribution >= 4 is 39.6 Å². The first-order valence-corrected chi connectivity index (χ1v) is 19.0. The van der Waals surface area contributed by atoms with Gasteiger partial charge >= 0.3 is 5.97 Å². The van der Waals surface area contributed by atoms with Crippen molar-refractivity contribution < 1.29 is 27.8 Å². The summed E-state index contributed by atoms with van der Waals surface area (Å²) in [6.07, 6.45) is 0.588. The van der Waals surface area contributed by atoms with E-state index >= 15 is 0 Å². The number of ether oxygens (including phenoxy) is 1. The standard InChI is InChI=1S/C43H42F2N8O4/c1-24-31(6-4-8-33(24)42-50-36-17-26(16-29(19-46)38(36)57-42)21-52-13-10-28(11-14-52)43(55)56-3)32-7-5-9-34(25(32)2)48-40-37-35(49-41(51-40)39(44)45)18-27(20-47-37)22-53-15-12-30(54)23-53/h4-9,16-18,20,28,30,39,54H,10-15,21-23H2,1-3H3,(H,48,49,51)/t30-/m1/s1. The summed E-state index contributed by atoms with van der Waals surface area (Å²) in [7, 11) is 1.42. The van der Waals surface area contributed by atoms with Gasteiger partial charge in [-0.1, -0.05) is 24.3 Å². The number of hydrogen-bond acceptors (Lipinski definition) is 12. The lowest BCUT2D eigenvalue weighted by atomic mass is 9.93. The zero-order valence-corrected chi connectivity index (χ0v) is 31.9. The van der Waals surface area contributed by atoms with Crippen LogP contribution in [0.5, 0.6) is 0 Å². The molecule has 2 saturated heterocycles. The molecule has 12 nitrogen and oxygen atoms in total. The molecule has 6 aromatic rings. The van der Waals surface area contributed by atoms with E-state index < -0.39 is 12.2 Å². The SMILES string of the molecule is COC(=O)C1CCN(Cc2cc(C#N)c3oc(-c4cccc(-c5cccc(Nc6nc(C(F)F)nc7cc(CN8CC[C@@H](O)C8)cnc67)c5C)c4C)nc3c2)CC1. The molecule has 2 N–H and O–H groups in total. The van der Waals surface area contributed by atoms with Crippen molar-refractivity contribution in [2.24, 2.45) is 5.92 Å². The maximum Gasteiger partial charge on any atom is 0.308 e. The molecule has 5 heterocycles. The number of benzene rings is 3. The van der Waals surface area contributed by atoms with Crippen molar-refractivity contribution in [3.8, 4) is 28.7 Å². The lowest BCUT2D eigenvalue weighted by molar-refractivity contribution is -0.147. The molecular weight excluding hydrogens is 731 g/mol. The van der Waals surface area contributed by atoms with Crippen molar-refractivity contribution in [1.29, 1.82) is 5.26 Å².